The smallest absolute Gasteiger partial charge is 0.309 e. The zero-order valence-corrected chi connectivity index (χ0v) is 19.1. The lowest BCUT2D eigenvalue weighted by Gasteiger charge is -2.33. The average Bonchev–Trinajstić information content (AvgIpc) is 3.12. The Hall–Kier alpha value is -1.77. The highest BCUT2D eigenvalue weighted by atomic mass is 127. The predicted octanol–water partition coefficient (Wildman–Crippen LogP) is 3.50. The molecule has 0 atom stereocenters. The standard InChI is InChI=1S/C21H30N4O2.HI/c1-3-27-20(26)18-10-15-25(16-11-18)21(22-2)23-12-6-13-24-14-9-17-7-4-5-8-19(17)24;/h4-5,7-9,14,18H,3,6,10-13,15-16H2,1-2H3,(H,22,23);1H. The lowest BCUT2D eigenvalue weighted by atomic mass is 9.97. The van der Waals surface area contributed by atoms with Crippen molar-refractivity contribution in [1.82, 2.24) is 14.8 Å². The summed E-state index contributed by atoms with van der Waals surface area (Å²) < 4.78 is 7.44. The molecule has 28 heavy (non-hydrogen) atoms. The van der Waals surface area contributed by atoms with E-state index in [-0.39, 0.29) is 35.9 Å². The molecule has 2 aromatic rings. The number of para-hydroxylation sites is 1. The second-order valence-corrected chi connectivity index (χ2v) is 6.91. The predicted molar refractivity (Wildman–Crippen MR) is 124 cm³/mol. The third kappa shape index (κ3) is 5.62. The van der Waals surface area contributed by atoms with Crippen molar-refractivity contribution in [2.24, 2.45) is 10.9 Å². The number of aromatic nitrogens is 1. The number of benzene rings is 1. The number of aliphatic imine (C=N–C) groups is 1. The summed E-state index contributed by atoms with van der Waals surface area (Å²) in [6, 6.07) is 10.6. The van der Waals surface area contributed by atoms with E-state index < -0.39 is 0 Å². The van der Waals surface area contributed by atoms with Gasteiger partial charge in [0.25, 0.3) is 0 Å². The fourth-order valence-corrected chi connectivity index (χ4v) is 3.70. The molecule has 0 radical (unpaired) electrons. The van der Waals surface area contributed by atoms with Crippen LogP contribution in [-0.4, -0.2) is 54.7 Å². The molecule has 154 valence electrons. The Morgan fingerprint density at radius 2 is 2.00 bits per heavy atom. The SMILES string of the molecule is CCOC(=O)C1CCN(C(=NC)NCCCn2ccc3ccccc32)CC1.I. The highest BCUT2D eigenvalue weighted by Crippen LogP contribution is 2.19. The number of piperidine rings is 1. The van der Waals surface area contributed by atoms with E-state index in [1.807, 2.05) is 14.0 Å². The molecule has 1 saturated heterocycles. The molecule has 7 heteroatoms. The Morgan fingerprint density at radius 1 is 1.25 bits per heavy atom. The lowest BCUT2D eigenvalue weighted by Crippen LogP contribution is -2.47. The maximum Gasteiger partial charge on any atom is 0.309 e. The maximum absolute atomic E-state index is 11.9. The Balaban J connectivity index is 0.00000280. The molecule has 0 unspecified atom stereocenters. The van der Waals surface area contributed by atoms with Crippen LogP contribution in [0.1, 0.15) is 26.2 Å². The first-order chi connectivity index (χ1) is 13.2. The van der Waals surface area contributed by atoms with Crippen LogP contribution in [0.4, 0.5) is 0 Å². The van der Waals surface area contributed by atoms with Crippen LogP contribution in [0.5, 0.6) is 0 Å². The summed E-state index contributed by atoms with van der Waals surface area (Å²) in [6.07, 6.45) is 4.83. The van der Waals surface area contributed by atoms with Crippen LogP contribution < -0.4 is 5.32 Å². The molecule has 1 N–H and O–H groups in total. The van der Waals surface area contributed by atoms with E-state index in [9.17, 15) is 4.79 Å². The number of carbonyl (C=O) groups excluding carboxylic acids is 1. The van der Waals surface area contributed by atoms with E-state index in [1.165, 1.54) is 10.9 Å². The van der Waals surface area contributed by atoms with Crippen LogP contribution in [0.2, 0.25) is 0 Å². The van der Waals surface area contributed by atoms with E-state index in [2.05, 4.69) is 56.3 Å². The molecule has 0 aliphatic carbocycles. The monoisotopic (exact) mass is 498 g/mol. The van der Waals surface area contributed by atoms with Crippen LogP contribution in [0.25, 0.3) is 10.9 Å². The van der Waals surface area contributed by atoms with E-state index in [0.717, 1.165) is 51.4 Å². The maximum atomic E-state index is 11.9. The quantitative estimate of drug-likeness (QED) is 0.218. The van der Waals surface area contributed by atoms with Crippen molar-refractivity contribution in [3.05, 3.63) is 36.5 Å². The molecule has 6 nitrogen and oxygen atoms in total. The van der Waals surface area contributed by atoms with E-state index in [1.54, 1.807) is 0 Å². The highest BCUT2D eigenvalue weighted by molar-refractivity contribution is 14.0. The zero-order chi connectivity index (χ0) is 19.1. The van der Waals surface area contributed by atoms with Crippen molar-refractivity contribution in [3.8, 4) is 0 Å². The minimum atomic E-state index is -0.0564. The fourth-order valence-electron chi connectivity index (χ4n) is 3.70. The number of fused-ring (bicyclic) bond motifs is 1. The van der Waals surface area contributed by atoms with E-state index in [4.69, 9.17) is 4.74 Å². The molecular formula is C21H31IN4O2. The summed E-state index contributed by atoms with van der Waals surface area (Å²) in [5, 5.41) is 4.75. The van der Waals surface area contributed by atoms with E-state index >= 15 is 0 Å². The van der Waals surface area contributed by atoms with Gasteiger partial charge in [-0.25, -0.2) is 0 Å². The molecule has 0 spiro atoms. The molecule has 3 rings (SSSR count). The summed E-state index contributed by atoms with van der Waals surface area (Å²) in [5.74, 6) is 0.898. The number of esters is 1. The molecule has 0 amide bonds. The topological polar surface area (TPSA) is 58.9 Å². The first kappa shape index (κ1) is 22.5. The van der Waals surface area contributed by atoms with Crippen molar-refractivity contribution >= 4 is 46.8 Å². The van der Waals surface area contributed by atoms with Crippen molar-refractivity contribution in [1.29, 1.82) is 0 Å². The third-order valence-electron chi connectivity index (χ3n) is 5.17. The average molecular weight is 498 g/mol. The molecule has 1 fully saturated rings. The molecular weight excluding hydrogens is 467 g/mol. The van der Waals surface area contributed by atoms with Gasteiger partial charge in [-0.15, -0.1) is 24.0 Å². The fraction of sp³-hybridized carbons (Fsp3) is 0.524. The second-order valence-electron chi connectivity index (χ2n) is 6.91. The van der Waals surface area contributed by atoms with Gasteiger partial charge in [0, 0.05) is 44.9 Å². The normalized spacial score (nSPS) is 15.4. The van der Waals surface area contributed by atoms with Gasteiger partial charge in [-0.3, -0.25) is 9.79 Å². The van der Waals surface area contributed by atoms with Crippen LogP contribution in [-0.2, 0) is 16.1 Å². The van der Waals surface area contributed by atoms with Gasteiger partial charge >= 0.3 is 5.97 Å². The number of hydrogen-bond acceptors (Lipinski definition) is 3. The van der Waals surface area contributed by atoms with E-state index in [0.29, 0.717) is 6.61 Å². The van der Waals surface area contributed by atoms with Gasteiger partial charge in [-0.1, -0.05) is 18.2 Å². The first-order valence-corrected chi connectivity index (χ1v) is 9.89. The van der Waals surface area contributed by atoms with Crippen LogP contribution in [0.15, 0.2) is 41.5 Å². The van der Waals surface area contributed by atoms with Gasteiger partial charge < -0.3 is 19.5 Å². The van der Waals surface area contributed by atoms with Gasteiger partial charge in [0.05, 0.1) is 12.5 Å². The number of nitrogens with one attached hydrogen (secondary N) is 1. The Kier molecular flexibility index (Phi) is 9.08. The number of aryl methyl sites for hydroxylation is 1. The molecule has 1 aliphatic heterocycles. The van der Waals surface area contributed by atoms with Gasteiger partial charge in [0.2, 0.25) is 0 Å². The number of guanidine groups is 1. The highest BCUT2D eigenvalue weighted by Gasteiger charge is 2.27. The Labute approximate surface area is 184 Å². The molecule has 1 aromatic carbocycles. The summed E-state index contributed by atoms with van der Waals surface area (Å²) >= 11 is 0. The number of halogens is 1. The third-order valence-corrected chi connectivity index (χ3v) is 5.17. The van der Waals surface area contributed by atoms with Gasteiger partial charge in [0.1, 0.15) is 0 Å². The minimum absolute atomic E-state index is 0. The molecule has 1 aromatic heterocycles. The summed E-state index contributed by atoms with van der Waals surface area (Å²) in [4.78, 5) is 18.5. The van der Waals surface area contributed by atoms with Crippen LogP contribution in [0, 0.1) is 5.92 Å². The number of likely N-dealkylation sites (tertiary alicyclic amines) is 1. The van der Waals surface area contributed by atoms with Gasteiger partial charge in [-0.05, 0) is 43.7 Å². The van der Waals surface area contributed by atoms with Crippen LogP contribution in [0.3, 0.4) is 0 Å². The van der Waals surface area contributed by atoms with Crippen molar-refractivity contribution < 1.29 is 9.53 Å². The molecule has 1 aliphatic rings. The summed E-state index contributed by atoms with van der Waals surface area (Å²) in [6.45, 7) is 5.84. The number of ether oxygens (including phenoxy) is 1. The molecule has 2 heterocycles. The second kappa shape index (κ2) is 11.3. The largest absolute Gasteiger partial charge is 0.466 e. The number of nitrogens with zero attached hydrogens (tertiary/aromatic N) is 3. The number of carbonyl (C=O) groups is 1. The zero-order valence-electron chi connectivity index (χ0n) is 16.8. The van der Waals surface area contributed by atoms with Crippen molar-refractivity contribution in [2.75, 3.05) is 33.3 Å². The lowest BCUT2D eigenvalue weighted by molar-refractivity contribution is -0.149. The number of rotatable bonds is 6. The summed E-state index contributed by atoms with van der Waals surface area (Å²) in [7, 11) is 1.82. The van der Waals surface area contributed by atoms with Crippen molar-refractivity contribution in [3.63, 3.8) is 0 Å². The number of hydrogen-bond donors (Lipinski definition) is 1. The first-order valence-electron chi connectivity index (χ1n) is 9.89. The van der Waals surface area contributed by atoms with Gasteiger partial charge in [-0.2, -0.15) is 0 Å². The molecule has 0 bridgehead atoms. The van der Waals surface area contributed by atoms with Crippen LogP contribution >= 0.6 is 24.0 Å². The van der Waals surface area contributed by atoms with Gasteiger partial charge in [0.15, 0.2) is 5.96 Å². The Bertz CT molecular complexity index is 782. The summed E-state index contributed by atoms with van der Waals surface area (Å²) in [5.41, 5.74) is 1.28. The van der Waals surface area contributed by atoms with Crippen molar-refractivity contribution in [2.45, 2.75) is 32.7 Å². The molecule has 0 saturated carbocycles. The minimum Gasteiger partial charge on any atom is -0.466 e. The Morgan fingerprint density at radius 3 is 2.71 bits per heavy atom.